The van der Waals surface area contributed by atoms with E-state index in [2.05, 4.69) is 18.7 Å². The van der Waals surface area contributed by atoms with Crippen LogP contribution in [-0.4, -0.2) is 30.3 Å². The molecular weight excluding hydrogens is 253 g/mol. The summed E-state index contributed by atoms with van der Waals surface area (Å²) in [6.07, 6.45) is 3.70. The van der Waals surface area contributed by atoms with Crippen LogP contribution in [0.2, 0.25) is 0 Å². The van der Waals surface area contributed by atoms with Crippen molar-refractivity contribution in [2.45, 2.75) is 39.5 Å². The lowest BCUT2D eigenvalue weighted by Crippen LogP contribution is -2.41. The van der Waals surface area contributed by atoms with E-state index in [-0.39, 0.29) is 18.0 Å². The van der Waals surface area contributed by atoms with Gasteiger partial charge >= 0.3 is 0 Å². The van der Waals surface area contributed by atoms with E-state index < -0.39 is 0 Å². The Balaban J connectivity index is 1.83. The molecule has 0 bridgehead atoms. The molecule has 3 heteroatoms. The van der Waals surface area contributed by atoms with Gasteiger partial charge in [-0.25, -0.2) is 4.39 Å². The van der Waals surface area contributed by atoms with Gasteiger partial charge in [0.05, 0.1) is 6.54 Å². The lowest BCUT2D eigenvalue weighted by atomic mass is 9.78. The van der Waals surface area contributed by atoms with Gasteiger partial charge in [-0.15, -0.1) is 0 Å². The minimum Gasteiger partial charge on any atom is -0.298 e. The number of piperidine rings is 1. The number of hydrogen-bond donors (Lipinski definition) is 0. The van der Waals surface area contributed by atoms with Crippen molar-refractivity contribution in [1.82, 2.24) is 4.90 Å². The average Bonchev–Trinajstić information content (AvgIpc) is 2.44. The minimum atomic E-state index is -0.280. The van der Waals surface area contributed by atoms with Crippen molar-refractivity contribution < 1.29 is 9.18 Å². The van der Waals surface area contributed by atoms with Crippen LogP contribution in [0.3, 0.4) is 0 Å². The Labute approximate surface area is 121 Å². The van der Waals surface area contributed by atoms with Crippen molar-refractivity contribution in [3.05, 3.63) is 35.6 Å². The molecule has 0 aliphatic carbocycles. The predicted octanol–water partition coefficient (Wildman–Crippen LogP) is 3.45. The summed E-state index contributed by atoms with van der Waals surface area (Å²) < 4.78 is 13.5. The van der Waals surface area contributed by atoms with E-state index in [1.807, 2.05) is 0 Å². The molecule has 110 valence electrons. The van der Waals surface area contributed by atoms with Gasteiger partial charge in [0.2, 0.25) is 0 Å². The lowest BCUT2D eigenvalue weighted by Gasteiger charge is -2.38. The molecule has 1 aromatic carbocycles. The number of hydrogen-bond acceptors (Lipinski definition) is 2. The summed E-state index contributed by atoms with van der Waals surface area (Å²) in [6.45, 7) is 6.97. The zero-order chi connectivity index (χ0) is 14.6. The van der Waals surface area contributed by atoms with E-state index in [4.69, 9.17) is 0 Å². The highest BCUT2D eigenvalue weighted by Crippen LogP contribution is 2.33. The number of nitrogens with zero attached hydrogens (tertiary/aromatic N) is 1. The molecule has 1 heterocycles. The summed E-state index contributed by atoms with van der Waals surface area (Å²) in [5, 5.41) is 0. The molecule has 0 radical (unpaired) electrons. The van der Waals surface area contributed by atoms with Crippen LogP contribution in [0.5, 0.6) is 0 Å². The van der Waals surface area contributed by atoms with Gasteiger partial charge in [0.1, 0.15) is 5.82 Å². The maximum atomic E-state index is 13.5. The minimum absolute atomic E-state index is 0.107. The van der Waals surface area contributed by atoms with Crippen molar-refractivity contribution in [2.24, 2.45) is 5.41 Å². The number of likely N-dealkylation sites (tertiary alicyclic amines) is 1. The average molecular weight is 277 g/mol. The van der Waals surface area contributed by atoms with E-state index in [1.54, 1.807) is 18.2 Å². The van der Waals surface area contributed by atoms with Crippen molar-refractivity contribution in [2.75, 3.05) is 19.6 Å². The van der Waals surface area contributed by atoms with Gasteiger partial charge in [-0.05, 0) is 43.0 Å². The van der Waals surface area contributed by atoms with Crippen molar-refractivity contribution in [3.63, 3.8) is 0 Å². The van der Waals surface area contributed by atoms with Crippen LogP contribution < -0.4 is 0 Å². The van der Waals surface area contributed by atoms with Crippen molar-refractivity contribution in [1.29, 1.82) is 0 Å². The molecule has 2 rings (SSSR count). The number of Topliss-reactive ketones (excluding diaryl/α,β-unsaturated/α-hetero) is 1. The highest BCUT2D eigenvalue weighted by molar-refractivity contribution is 5.82. The van der Waals surface area contributed by atoms with Gasteiger partial charge in [0.25, 0.3) is 0 Å². The van der Waals surface area contributed by atoms with Crippen molar-refractivity contribution in [3.8, 4) is 0 Å². The largest absolute Gasteiger partial charge is 0.298 e. The normalized spacial score (nSPS) is 18.9. The molecule has 0 unspecified atom stereocenters. The van der Waals surface area contributed by atoms with Gasteiger partial charge in [-0.1, -0.05) is 38.5 Å². The molecule has 0 saturated carbocycles. The third kappa shape index (κ3) is 3.89. The molecule has 0 atom stereocenters. The highest BCUT2D eigenvalue weighted by atomic mass is 19.1. The predicted molar refractivity (Wildman–Crippen MR) is 79.2 cm³/mol. The Morgan fingerprint density at radius 2 is 1.95 bits per heavy atom. The van der Waals surface area contributed by atoms with Gasteiger partial charge in [0, 0.05) is 6.42 Å². The number of carbonyl (C=O) groups is 1. The summed E-state index contributed by atoms with van der Waals surface area (Å²) in [7, 11) is 0. The van der Waals surface area contributed by atoms with Gasteiger partial charge in [-0.3, -0.25) is 9.69 Å². The van der Waals surface area contributed by atoms with E-state index in [1.165, 1.54) is 12.5 Å². The molecule has 1 aromatic rings. The van der Waals surface area contributed by atoms with Crippen molar-refractivity contribution >= 4 is 5.78 Å². The molecule has 1 saturated heterocycles. The quantitative estimate of drug-likeness (QED) is 0.821. The first kappa shape index (κ1) is 15.2. The maximum absolute atomic E-state index is 13.5. The van der Waals surface area contributed by atoms with Crippen LogP contribution in [0, 0.1) is 11.2 Å². The number of carbonyl (C=O) groups excluding carboxylic acids is 1. The smallest absolute Gasteiger partial charge is 0.151 e. The number of halogens is 1. The topological polar surface area (TPSA) is 20.3 Å². The Morgan fingerprint density at radius 3 is 2.55 bits per heavy atom. The summed E-state index contributed by atoms with van der Waals surface area (Å²) in [5.41, 5.74) is 0.943. The fourth-order valence-corrected chi connectivity index (χ4v) is 2.76. The molecule has 0 N–H and O–H groups in total. The Hall–Kier alpha value is -1.22. The molecular formula is C17H24FNO. The summed E-state index contributed by atoms with van der Waals surface area (Å²) >= 11 is 0. The van der Waals surface area contributed by atoms with E-state index in [9.17, 15) is 9.18 Å². The van der Waals surface area contributed by atoms with Gasteiger partial charge in [-0.2, -0.15) is 0 Å². The fourth-order valence-electron chi connectivity index (χ4n) is 2.76. The Bertz CT molecular complexity index is 464. The third-order valence-electron chi connectivity index (χ3n) is 4.66. The molecule has 1 aliphatic heterocycles. The number of benzene rings is 1. The summed E-state index contributed by atoms with van der Waals surface area (Å²) in [5.74, 6) is -0.173. The zero-order valence-corrected chi connectivity index (χ0v) is 12.5. The second-order valence-electron chi connectivity index (χ2n) is 6.25. The molecule has 0 spiro atoms. The van der Waals surface area contributed by atoms with E-state index in [0.717, 1.165) is 25.9 Å². The van der Waals surface area contributed by atoms with E-state index in [0.29, 0.717) is 17.5 Å². The Kier molecular flexibility index (Phi) is 4.92. The first-order valence-electron chi connectivity index (χ1n) is 7.50. The molecule has 0 aromatic heterocycles. The highest BCUT2D eigenvalue weighted by Gasteiger charge is 2.28. The first-order chi connectivity index (χ1) is 9.52. The second-order valence-corrected chi connectivity index (χ2v) is 6.25. The summed E-state index contributed by atoms with van der Waals surface area (Å²) in [6, 6.07) is 6.53. The third-order valence-corrected chi connectivity index (χ3v) is 4.66. The maximum Gasteiger partial charge on any atom is 0.151 e. The van der Waals surface area contributed by atoms with Crippen LogP contribution in [-0.2, 0) is 11.2 Å². The van der Waals surface area contributed by atoms with Crippen LogP contribution >= 0.6 is 0 Å². The standard InChI is InChI=1S/C17H24FNO/c1-3-17(2)8-10-19(11-9-17)13-15(20)12-14-6-4-5-7-16(14)18/h4-7H,3,8-13H2,1-2H3. The van der Waals surface area contributed by atoms with Crippen LogP contribution in [0.4, 0.5) is 4.39 Å². The van der Waals surface area contributed by atoms with Crippen LogP contribution in [0.25, 0.3) is 0 Å². The molecule has 20 heavy (non-hydrogen) atoms. The number of ketones is 1. The molecule has 1 aliphatic rings. The molecule has 2 nitrogen and oxygen atoms in total. The monoisotopic (exact) mass is 277 g/mol. The van der Waals surface area contributed by atoms with Crippen LogP contribution in [0.1, 0.15) is 38.7 Å². The molecule has 0 amide bonds. The van der Waals surface area contributed by atoms with E-state index >= 15 is 0 Å². The number of rotatable bonds is 5. The Morgan fingerprint density at radius 1 is 1.30 bits per heavy atom. The second kappa shape index (κ2) is 6.49. The first-order valence-corrected chi connectivity index (χ1v) is 7.50. The SMILES string of the molecule is CCC1(C)CCN(CC(=O)Cc2ccccc2F)CC1. The van der Waals surface area contributed by atoms with Gasteiger partial charge in [0.15, 0.2) is 5.78 Å². The lowest BCUT2D eigenvalue weighted by molar-refractivity contribution is -0.120. The molecule has 1 fully saturated rings. The zero-order valence-electron chi connectivity index (χ0n) is 12.5. The van der Waals surface area contributed by atoms with Crippen LogP contribution in [0.15, 0.2) is 24.3 Å². The fraction of sp³-hybridized carbons (Fsp3) is 0.588. The van der Waals surface area contributed by atoms with Gasteiger partial charge < -0.3 is 0 Å². The summed E-state index contributed by atoms with van der Waals surface area (Å²) in [4.78, 5) is 14.3.